The van der Waals surface area contributed by atoms with Gasteiger partial charge < -0.3 is 0 Å². The Morgan fingerprint density at radius 1 is 1.38 bits per heavy atom. The van der Waals surface area contributed by atoms with Crippen molar-refractivity contribution in [3.05, 3.63) is 45.9 Å². The third-order valence-corrected chi connectivity index (χ3v) is 6.76. The summed E-state index contributed by atoms with van der Waals surface area (Å²) in [7, 11) is -1.88. The van der Waals surface area contributed by atoms with Crippen LogP contribution in [0.4, 0.5) is 0 Å². The van der Waals surface area contributed by atoms with Crippen LogP contribution < -0.4 is 0 Å². The van der Waals surface area contributed by atoms with Crippen molar-refractivity contribution in [3.8, 4) is 0 Å². The maximum Gasteiger partial charge on any atom is 0.243 e. The van der Waals surface area contributed by atoms with Crippen LogP contribution in [0, 0.1) is 6.92 Å². The molecule has 0 saturated carbocycles. The van der Waals surface area contributed by atoms with E-state index in [0.717, 1.165) is 15.4 Å². The third-order valence-electron chi connectivity index (χ3n) is 3.15. The van der Waals surface area contributed by atoms with Gasteiger partial charge in [0.05, 0.1) is 10.8 Å². The molecule has 2 aromatic heterocycles. The van der Waals surface area contributed by atoms with Crippen LogP contribution in [0.5, 0.6) is 0 Å². The molecule has 0 fully saturated rings. The fourth-order valence-electron chi connectivity index (χ4n) is 1.95. The zero-order valence-electron chi connectivity index (χ0n) is 11.9. The van der Waals surface area contributed by atoms with Crippen LogP contribution >= 0.6 is 22.9 Å². The molecule has 2 heterocycles. The molecule has 0 N–H and O–H groups in total. The molecule has 0 bridgehead atoms. The Morgan fingerprint density at radius 3 is 2.71 bits per heavy atom. The van der Waals surface area contributed by atoms with Crippen molar-refractivity contribution in [2.75, 3.05) is 13.6 Å². The number of pyridine rings is 1. The monoisotopic (exact) mass is 344 g/mol. The smallest absolute Gasteiger partial charge is 0.243 e. The van der Waals surface area contributed by atoms with Gasteiger partial charge in [-0.25, -0.2) is 12.7 Å². The molecule has 2 rings (SSSR count). The number of aromatic nitrogens is 1. The Labute approximate surface area is 134 Å². The first kappa shape index (κ1) is 16.4. The molecule has 4 nitrogen and oxygen atoms in total. The summed E-state index contributed by atoms with van der Waals surface area (Å²) in [6, 6.07) is 7.29. The molecule has 0 amide bonds. The molecule has 2 aromatic rings. The van der Waals surface area contributed by atoms with Gasteiger partial charge in [0.2, 0.25) is 10.0 Å². The number of hydrogen-bond acceptors (Lipinski definition) is 4. The van der Waals surface area contributed by atoms with Gasteiger partial charge in [-0.3, -0.25) is 4.98 Å². The minimum absolute atomic E-state index is 0.332. The van der Waals surface area contributed by atoms with Gasteiger partial charge in [0.15, 0.2) is 0 Å². The van der Waals surface area contributed by atoms with Gasteiger partial charge >= 0.3 is 0 Å². The predicted molar refractivity (Wildman–Crippen MR) is 86.4 cm³/mol. The first-order valence-corrected chi connectivity index (χ1v) is 9.26. The number of halogens is 1. The number of rotatable bonds is 6. The van der Waals surface area contributed by atoms with E-state index in [9.17, 15) is 8.42 Å². The van der Waals surface area contributed by atoms with Crippen LogP contribution in [0.3, 0.4) is 0 Å². The van der Waals surface area contributed by atoms with Crippen molar-refractivity contribution in [1.82, 2.24) is 9.29 Å². The summed E-state index contributed by atoms with van der Waals surface area (Å²) in [6.07, 6.45) is 2.29. The average Bonchev–Trinajstić information content (AvgIpc) is 2.87. The number of alkyl halides is 1. The molecule has 0 aliphatic rings. The highest BCUT2D eigenvalue weighted by Gasteiger charge is 2.24. The first-order valence-electron chi connectivity index (χ1n) is 6.46. The molecule has 0 radical (unpaired) electrons. The molecule has 7 heteroatoms. The molecular weight excluding hydrogens is 328 g/mol. The Balaban J connectivity index is 2.13. The zero-order chi connectivity index (χ0) is 15.5. The van der Waals surface area contributed by atoms with Crippen LogP contribution in [0.25, 0.3) is 0 Å². The van der Waals surface area contributed by atoms with E-state index in [1.165, 1.54) is 15.6 Å². The van der Waals surface area contributed by atoms with Gasteiger partial charge in [0.1, 0.15) is 0 Å². The van der Waals surface area contributed by atoms with E-state index in [1.54, 1.807) is 26.2 Å². The number of nitrogens with zero attached hydrogens (tertiary/aromatic N) is 2. The van der Waals surface area contributed by atoms with E-state index in [4.69, 9.17) is 11.6 Å². The second-order valence-electron chi connectivity index (χ2n) is 4.66. The summed E-state index contributed by atoms with van der Waals surface area (Å²) >= 11 is 7.20. The van der Waals surface area contributed by atoms with Gasteiger partial charge in [-0.2, -0.15) is 0 Å². The Hall–Kier alpha value is -0.950. The number of likely N-dealkylation sites (N-methyl/N-ethyl adjacent to an activating group) is 1. The SMILES string of the molecule is Cc1sc(CCl)cc1S(=O)(=O)N(C)CCc1ccccn1. The quantitative estimate of drug-likeness (QED) is 0.757. The molecule has 0 aliphatic carbocycles. The van der Waals surface area contributed by atoms with Crippen molar-refractivity contribution in [1.29, 1.82) is 0 Å². The Bertz CT molecular complexity index is 699. The normalized spacial score (nSPS) is 12.0. The zero-order valence-corrected chi connectivity index (χ0v) is 14.3. The number of aryl methyl sites for hydroxylation is 1. The molecule has 0 aromatic carbocycles. The topological polar surface area (TPSA) is 50.3 Å². The molecule has 0 atom stereocenters. The fourth-order valence-corrected chi connectivity index (χ4v) is 4.81. The number of thiophene rings is 1. The van der Waals surface area contributed by atoms with Crippen molar-refractivity contribution in [2.24, 2.45) is 0 Å². The summed E-state index contributed by atoms with van der Waals surface area (Å²) in [4.78, 5) is 6.20. The number of hydrogen-bond donors (Lipinski definition) is 0. The lowest BCUT2D eigenvalue weighted by Crippen LogP contribution is -2.29. The Kier molecular flexibility index (Phi) is 5.37. The highest BCUT2D eigenvalue weighted by atomic mass is 35.5. The maximum atomic E-state index is 12.6. The standard InChI is InChI=1S/C14H17ClN2O2S2/c1-11-14(9-13(10-15)20-11)21(18,19)17(2)8-6-12-5-3-4-7-16-12/h3-5,7,9H,6,8,10H2,1-2H3. The van der Waals surface area contributed by atoms with E-state index in [1.807, 2.05) is 18.2 Å². The summed E-state index contributed by atoms with van der Waals surface area (Å²) in [5.41, 5.74) is 0.878. The van der Waals surface area contributed by atoms with E-state index in [-0.39, 0.29) is 0 Å². The largest absolute Gasteiger partial charge is 0.261 e. The summed E-state index contributed by atoms with van der Waals surface area (Å²) in [5, 5.41) is 0. The van der Waals surface area contributed by atoms with Gasteiger partial charge in [-0.15, -0.1) is 22.9 Å². The Morgan fingerprint density at radius 2 is 2.14 bits per heavy atom. The van der Waals surface area contributed by atoms with Crippen LogP contribution in [0.15, 0.2) is 35.4 Å². The van der Waals surface area contributed by atoms with Crippen molar-refractivity contribution < 1.29 is 8.42 Å². The van der Waals surface area contributed by atoms with Crippen LogP contribution in [0.2, 0.25) is 0 Å². The lowest BCUT2D eigenvalue weighted by molar-refractivity contribution is 0.471. The number of sulfonamides is 1. The first-order chi connectivity index (χ1) is 9.95. The van der Waals surface area contributed by atoms with Gasteiger partial charge in [0.25, 0.3) is 0 Å². The molecule has 0 saturated heterocycles. The fraction of sp³-hybridized carbons (Fsp3) is 0.357. The van der Waals surface area contributed by atoms with Crippen LogP contribution in [-0.4, -0.2) is 31.3 Å². The highest BCUT2D eigenvalue weighted by molar-refractivity contribution is 7.89. The van der Waals surface area contributed by atoms with Gasteiger partial charge in [0, 0.05) is 41.7 Å². The second-order valence-corrected chi connectivity index (χ2v) is 8.29. The second kappa shape index (κ2) is 6.87. The molecule has 0 spiro atoms. The summed E-state index contributed by atoms with van der Waals surface area (Å²) in [5.74, 6) is 0.332. The van der Waals surface area contributed by atoms with E-state index < -0.39 is 10.0 Å². The van der Waals surface area contributed by atoms with Crippen molar-refractivity contribution in [2.45, 2.75) is 24.1 Å². The van der Waals surface area contributed by atoms with Crippen LogP contribution in [0.1, 0.15) is 15.4 Å². The minimum atomic E-state index is -3.47. The lowest BCUT2D eigenvalue weighted by Gasteiger charge is -2.16. The molecule has 0 unspecified atom stereocenters. The highest BCUT2D eigenvalue weighted by Crippen LogP contribution is 2.28. The van der Waals surface area contributed by atoms with Gasteiger partial charge in [-0.1, -0.05) is 6.07 Å². The molecular formula is C14H17ClN2O2S2. The molecule has 21 heavy (non-hydrogen) atoms. The van der Waals surface area contributed by atoms with E-state index in [2.05, 4.69) is 4.98 Å². The third kappa shape index (κ3) is 3.83. The summed E-state index contributed by atoms with van der Waals surface area (Å²) in [6.45, 7) is 2.20. The van der Waals surface area contributed by atoms with Crippen molar-refractivity contribution >= 4 is 33.0 Å². The van der Waals surface area contributed by atoms with E-state index in [0.29, 0.717) is 23.7 Å². The van der Waals surface area contributed by atoms with Crippen molar-refractivity contribution in [3.63, 3.8) is 0 Å². The predicted octanol–water partition coefficient (Wildman–Crippen LogP) is 3.05. The molecule has 0 aliphatic heterocycles. The molecule has 114 valence electrons. The minimum Gasteiger partial charge on any atom is -0.261 e. The summed E-state index contributed by atoms with van der Waals surface area (Å²) < 4.78 is 26.5. The lowest BCUT2D eigenvalue weighted by atomic mass is 10.3. The average molecular weight is 345 g/mol. The maximum absolute atomic E-state index is 12.6. The van der Waals surface area contributed by atoms with Crippen LogP contribution in [-0.2, 0) is 22.3 Å². The van der Waals surface area contributed by atoms with Gasteiger partial charge in [-0.05, 0) is 25.1 Å². The van der Waals surface area contributed by atoms with E-state index >= 15 is 0 Å².